The van der Waals surface area contributed by atoms with Crippen molar-refractivity contribution in [3.63, 3.8) is 0 Å². The molecule has 2 aromatic heterocycles. The van der Waals surface area contributed by atoms with Crippen LogP contribution in [0.25, 0.3) is 11.1 Å². The molecule has 0 aliphatic rings. The molecule has 0 aliphatic heterocycles. The summed E-state index contributed by atoms with van der Waals surface area (Å²) in [6, 6.07) is 4.01. The monoisotopic (exact) mass is 165 g/mol. The molecule has 0 saturated heterocycles. The molecule has 0 unspecified atom stereocenters. The van der Waals surface area contributed by atoms with Crippen molar-refractivity contribution >= 4 is 17.4 Å². The number of carbonyl (C=O) groups is 1. The zero-order valence-corrected chi connectivity index (χ0v) is 5.95. The van der Waals surface area contributed by atoms with Gasteiger partial charge >= 0.3 is 0 Å². The second-order valence-corrected chi connectivity index (χ2v) is 2.28. The van der Waals surface area contributed by atoms with E-state index in [9.17, 15) is 9.18 Å². The Labute approximate surface area is 66.8 Å². The summed E-state index contributed by atoms with van der Waals surface area (Å²) in [4.78, 5) is 13.8. The Bertz CT molecular complexity index is 436. The number of aromatic nitrogens is 1. The highest BCUT2D eigenvalue weighted by molar-refractivity contribution is 5.82. The van der Waals surface area contributed by atoms with Crippen LogP contribution < -0.4 is 0 Å². The lowest BCUT2D eigenvalue weighted by Gasteiger charge is -1.85. The van der Waals surface area contributed by atoms with Crippen molar-refractivity contribution in [1.82, 2.24) is 4.98 Å². The Morgan fingerprint density at radius 2 is 2.33 bits per heavy atom. The Balaban J connectivity index is 2.75. The van der Waals surface area contributed by atoms with E-state index in [0.29, 0.717) is 17.4 Å². The number of rotatable bonds is 1. The Morgan fingerprint density at radius 1 is 1.50 bits per heavy atom. The Morgan fingerprint density at radius 3 is 3.08 bits per heavy atom. The summed E-state index contributed by atoms with van der Waals surface area (Å²) in [5.74, 6) is -0.427. The first-order valence-electron chi connectivity index (χ1n) is 3.31. The largest absolute Gasteiger partial charge is 0.452 e. The average Bonchev–Trinajstić information content (AvgIpc) is 2.46. The van der Waals surface area contributed by atoms with Crippen molar-refractivity contribution in [3.8, 4) is 0 Å². The fraction of sp³-hybridized carbons (Fsp3) is 0. The van der Waals surface area contributed by atoms with E-state index in [-0.39, 0.29) is 5.76 Å². The number of hydrogen-bond donors (Lipinski definition) is 0. The first kappa shape index (κ1) is 6.97. The van der Waals surface area contributed by atoms with Crippen molar-refractivity contribution in [2.24, 2.45) is 0 Å². The highest BCUT2D eigenvalue weighted by Gasteiger charge is 2.03. The smallest absolute Gasteiger partial charge is 0.213 e. The number of aldehydes is 1. The van der Waals surface area contributed by atoms with Gasteiger partial charge in [0.1, 0.15) is 5.52 Å². The summed E-state index contributed by atoms with van der Waals surface area (Å²) in [6.45, 7) is 0. The third-order valence-electron chi connectivity index (χ3n) is 1.47. The second-order valence-electron chi connectivity index (χ2n) is 2.28. The lowest BCUT2D eigenvalue weighted by Crippen LogP contribution is -1.78. The number of halogens is 1. The van der Waals surface area contributed by atoms with E-state index in [2.05, 4.69) is 4.98 Å². The number of hydrogen-bond acceptors (Lipinski definition) is 3. The number of carbonyl (C=O) groups excluding carboxylic acids is 1. The molecule has 0 atom stereocenters. The lowest BCUT2D eigenvalue weighted by molar-refractivity contribution is 0.110. The zero-order chi connectivity index (χ0) is 8.55. The van der Waals surface area contributed by atoms with E-state index in [4.69, 9.17) is 4.42 Å². The van der Waals surface area contributed by atoms with Crippen molar-refractivity contribution in [1.29, 1.82) is 0 Å². The molecule has 0 N–H and O–H groups in total. The van der Waals surface area contributed by atoms with Crippen LogP contribution in [0.3, 0.4) is 0 Å². The van der Waals surface area contributed by atoms with Crippen molar-refractivity contribution in [2.75, 3.05) is 0 Å². The zero-order valence-electron chi connectivity index (χ0n) is 5.95. The van der Waals surface area contributed by atoms with E-state index >= 15 is 0 Å². The van der Waals surface area contributed by atoms with Gasteiger partial charge in [0.15, 0.2) is 17.6 Å². The minimum atomic E-state index is -0.583. The fourth-order valence-corrected chi connectivity index (χ4v) is 0.976. The molecule has 4 heteroatoms. The topological polar surface area (TPSA) is 43.1 Å². The van der Waals surface area contributed by atoms with Gasteiger partial charge in [-0.15, -0.1) is 0 Å². The molecule has 0 amide bonds. The number of nitrogens with zero attached hydrogens (tertiary/aromatic N) is 1. The van der Waals surface area contributed by atoms with Crippen LogP contribution in [0.1, 0.15) is 10.6 Å². The number of furan rings is 1. The van der Waals surface area contributed by atoms with Gasteiger partial charge < -0.3 is 4.42 Å². The van der Waals surface area contributed by atoms with Crippen LogP contribution in [-0.4, -0.2) is 11.3 Å². The molecular formula is C8H4FNO2. The number of pyridine rings is 1. The van der Waals surface area contributed by atoms with Gasteiger partial charge in [0.25, 0.3) is 0 Å². The van der Waals surface area contributed by atoms with Crippen molar-refractivity contribution in [2.45, 2.75) is 0 Å². The molecular weight excluding hydrogens is 161 g/mol. The maximum Gasteiger partial charge on any atom is 0.213 e. The van der Waals surface area contributed by atoms with Crippen LogP contribution in [-0.2, 0) is 0 Å². The molecule has 2 aromatic rings. The van der Waals surface area contributed by atoms with Gasteiger partial charge in [0, 0.05) is 6.07 Å². The minimum Gasteiger partial charge on any atom is -0.452 e. The highest BCUT2D eigenvalue weighted by atomic mass is 19.1. The maximum absolute atomic E-state index is 12.5. The molecule has 0 aromatic carbocycles. The molecule has 12 heavy (non-hydrogen) atoms. The quantitative estimate of drug-likeness (QED) is 0.477. The van der Waals surface area contributed by atoms with Crippen LogP contribution in [0.15, 0.2) is 22.6 Å². The molecule has 2 rings (SSSR count). The number of fused-ring (bicyclic) bond motifs is 1. The lowest BCUT2D eigenvalue weighted by atomic mass is 10.4. The summed E-state index contributed by atoms with van der Waals surface area (Å²) >= 11 is 0. The summed E-state index contributed by atoms with van der Waals surface area (Å²) in [7, 11) is 0. The van der Waals surface area contributed by atoms with E-state index < -0.39 is 5.95 Å². The highest BCUT2D eigenvalue weighted by Crippen LogP contribution is 2.15. The van der Waals surface area contributed by atoms with Crippen LogP contribution in [0.2, 0.25) is 0 Å². The molecule has 0 saturated carbocycles. The van der Waals surface area contributed by atoms with E-state index in [1.165, 1.54) is 18.2 Å². The summed E-state index contributed by atoms with van der Waals surface area (Å²) < 4.78 is 17.5. The molecule has 60 valence electrons. The molecule has 0 spiro atoms. The van der Waals surface area contributed by atoms with Crippen LogP contribution in [0, 0.1) is 5.95 Å². The summed E-state index contributed by atoms with van der Waals surface area (Å²) in [5, 5.41) is 0. The average molecular weight is 165 g/mol. The molecule has 3 nitrogen and oxygen atoms in total. The van der Waals surface area contributed by atoms with Crippen LogP contribution >= 0.6 is 0 Å². The molecule has 0 aliphatic carbocycles. The molecule has 0 radical (unpaired) electrons. The van der Waals surface area contributed by atoms with Gasteiger partial charge in [-0.1, -0.05) is 0 Å². The summed E-state index contributed by atoms with van der Waals surface area (Å²) in [6.07, 6.45) is 0.555. The standard InChI is InChI=1S/C8H4FNO2/c9-8-2-1-7-6(10-8)3-5(4-11)12-7/h1-4H. The third-order valence-corrected chi connectivity index (χ3v) is 1.47. The van der Waals surface area contributed by atoms with Gasteiger partial charge in [0.2, 0.25) is 5.95 Å². The molecule has 0 bridgehead atoms. The second kappa shape index (κ2) is 2.41. The van der Waals surface area contributed by atoms with Gasteiger partial charge in [-0.3, -0.25) is 4.79 Å². The predicted molar refractivity (Wildman–Crippen MR) is 39.4 cm³/mol. The molecule has 2 heterocycles. The van der Waals surface area contributed by atoms with E-state index in [1.54, 1.807) is 0 Å². The van der Waals surface area contributed by atoms with Crippen LogP contribution in [0.4, 0.5) is 4.39 Å². The third kappa shape index (κ3) is 0.972. The van der Waals surface area contributed by atoms with E-state index in [1.807, 2.05) is 0 Å². The van der Waals surface area contributed by atoms with Crippen molar-refractivity contribution in [3.05, 3.63) is 29.9 Å². The first-order valence-corrected chi connectivity index (χ1v) is 3.31. The Hall–Kier alpha value is -1.71. The first-order chi connectivity index (χ1) is 5.79. The molecule has 0 fully saturated rings. The fourth-order valence-electron chi connectivity index (χ4n) is 0.976. The Kier molecular flexibility index (Phi) is 1.40. The van der Waals surface area contributed by atoms with Gasteiger partial charge in [-0.05, 0) is 12.1 Å². The van der Waals surface area contributed by atoms with Crippen LogP contribution in [0.5, 0.6) is 0 Å². The SMILES string of the molecule is O=Cc1cc2nc(F)ccc2o1. The van der Waals surface area contributed by atoms with Gasteiger partial charge in [-0.25, -0.2) is 4.98 Å². The van der Waals surface area contributed by atoms with Crippen molar-refractivity contribution < 1.29 is 13.6 Å². The maximum atomic E-state index is 12.5. The normalized spacial score (nSPS) is 10.4. The minimum absolute atomic E-state index is 0.156. The summed E-state index contributed by atoms with van der Waals surface area (Å²) in [5.41, 5.74) is 0.774. The van der Waals surface area contributed by atoms with Gasteiger partial charge in [0.05, 0.1) is 0 Å². The van der Waals surface area contributed by atoms with Gasteiger partial charge in [-0.2, -0.15) is 4.39 Å². The predicted octanol–water partition coefficient (Wildman–Crippen LogP) is 1.78. The van der Waals surface area contributed by atoms with E-state index in [0.717, 1.165) is 0 Å².